The summed E-state index contributed by atoms with van der Waals surface area (Å²) >= 11 is 0. The van der Waals surface area contributed by atoms with E-state index in [1.165, 1.54) is 0 Å². The van der Waals surface area contributed by atoms with Crippen LogP contribution in [0.5, 0.6) is 0 Å². The molecule has 2 heterocycles. The lowest BCUT2D eigenvalue weighted by molar-refractivity contribution is 0.113. The van der Waals surface area contributed by atoms with E-state index in [1.54, 1.807) is 6.20 Å². The summed E-state index contributed by atoms with van der Waals surface area (Å²) in [4.78, 5) is 4.38. The molecule has 0 amide bonds. The monoisotopic (exact) mass is 314 g/mol. The molecule has 1 atom stereocenters. The number of aliphatic hydroxyl groups excluding tert-OH is 1. The van der Waals surface area contributed by atoms with E-state index in [0.717, 1.165) is 16.5 Å². The lowest BCUT2D eigenvalue weighted by Gasteiger charge is -2.21. The number of nitrogens with zero attached hydrogens (tertiary/aromatic N) is 3. The van der Waals surface area contributed by atoms with Crippen molar-refractivity contribution in [3.05, 3.63) is 41.7 Å². The zero-order valence-corrected chi connectivity index (χ0v) is 13.7. The van der Waals surface area contributed by atoms with Crippen molar-refractivity contribution in [2.75, 3.05) is 0 Å². The molecule has 23 heavy (non-hydrogen) atoms. The second-order valence-corrected chi connectivity index (χ2v) is 7.20. The Morgan fingerprint density at radius 2 is 2.13 bits per heavy atom. The number of H-pyrrole nitrogens is 1. The predicted octanol–water partition coefficient (Wildman–Crippen LogP) is 2.88. The van der Waals surface area contributed by atoms with Crippen LogP contribution in [0.4, 0.5) is 0 Å². The Balaban J connectivity index is 1.64. The summed E-state index contributed by atoms with van der Waals surface area (Å²) < 4.78 is 5.25. The molecule has 0 radical (unpaired) electrons. The van der Waals surface area contributed by atoms with Crippen LogP contribution in [0.3, 0.4) is 0 Å². The van der Waals surface area contributed by atoms with Gasteiger partial charge in [-0.3, -0.25) is 5.10 Å². The fourth-order valence-electron chi connectivity index (χ4n) is 2.71. The number of fused-ring (bicyclic) bond motifs is 1. The number of hydrogen-bond acceptors (Lipinski definition) is 5. The molecule has 1 unspecified atom stereocenters. The maximum atomic E-state index is 10.1. The molecule has 0 bridgehead atoms. The molecule has 0 aliphatic carbocycles. The minimum Gasteiger partial charge on any atom is -0.393 e. The Morgan fingerprint density at radius 3 is 2.91 bits per heavy atom. The smallest absolute Gasteiger partial charge is 0.229 e. The lowest BCUT2D eigenvalue weighted by Crippen LogP contribution is -2.19. The van der Waals surface area contributed by atoms with E-state index < -0.39 is 6.10 Å². The minimum atomic E-state index is -0.467. The Morgan fingerprint density at radius 1 is 1.30 bits per heavy atom. The lowest BCUT2D eigenvalue weighted by atomic mass is 9.88. The highest BCUT2D eigenvalue weighted by Crippen LogP contribution is 2.22. The van der Waals surface area contributed by atoms with Gasteiger partial charge in [0.2, 0.25) is 5.89 Å². The molecule has 2 aromatic heterocycles. The van der Waals surface area contributed by atoms with Gasteiger partial charge in [0.15, 0.2) is 5.82 Å². The highest BCUT2D eigenvalue weighted by molar-refractivity contribution is 5.78. The average Bonchev–Trinajstić information content (AvgIpc) is 3.05. The van der Waals surface area contributed by atoms with Crippen molar-refractivity contribution >= 4 is 10.9 Å². The normalized spacial score (nSPS) is 13.6. The molecule has 0 saturated heterocycles. The quantitative estimate of drug-likeness (QED) is 0.756. The third kappa shape index (κ3) is 4.16. The molecule has 2 N–H and O–H groups in total. The molecule has 6 nitrogen and oxygen atoms in total. The second-order valence-electron chi connectivity index (χ2n) is 7.20. The molecule has 0 aliphatic rings. The molecular weight excluding hydrogens is 292 g/mol. The summed E-state index contributed by atoms with van der Waals surface area (Å²) in [6.45, 7) is 6.30. The molecule has 3 rings (SSSR count). The van der Waals surface area contributed by atoms with E-state index in [1.807, 2.05) is 12.1 Å². The number of hydrogen-bond donors (Lipinski definition) is 2. The van der Waals surface area contributed by atoms with Crippen molar-refractivity contribution in [3.63, 3.8) is 0 Å². The summed E-state index contributed by atoms with van der Waals surface area (Å²) in [6, 6.07) is 6.07. The highest BCUT2D eigenvalue weighted by Gasteiger charge is 2.19. The van der Waals surface area contributed by atoms with Crippen LogP contribution in [-0.4, -0.2) is 31.5 Å². The van der Waals surface area contributed by atoms with E-state index >= 15 is 0 Å². The van der Waals surface area contributed by atoms with Crippen molar-refractivity contribution in [1.82, 2.24) is 20.3 Å². The minimum absolute atomic E-state index is 0.0717. The first-order valence-electron chi connectivity index (χ1n) is 7.80. The van der Waals surface area contributed by atoms with Gasteiger partial charge in [0, 0.05) is 11.8 Å². The van der Waals surface area contributed by atoms with Crippen LogP contribution < -0.4 is 0 Å². The first-order chi connectivity index (χ1) is 10.9. The van der Waals surface area contributed by atoms with Gasteiger partial charge in [-0.1, -0.05) is 32.0 Å². The Bertz CT molecular complexity index is 785. The van der Waals surface area contributed by atoms with Crippen molar-refractivity contribution in [3.8, 4) is 0 Å². The highest BCUT2D eigenvalue weighted by atomic mass is 16.5. The number of aromatic amines is 1. The van der Waals surface area contributed by atoms with Crippen molar-refractivity contribution in [2.45, 2.75) is 46.1 Å². The van der Waals surface area contributed by atoms with Gasteiger partial charge in [-0.2, -0.15) is 10.1 Å². The Labute approximate surface area is 134 Å². The Kier molecular flexibility index (Phi) is 4.17. The first kappa shape index (κ1) is 15.7. The number of aromatic nitrogens is 4. The molecule has 1 aromatic carbocycles. The van der Waals surface area contributed by atoms with Gasteiger partial charge in [-0.15, -0.1) is 0 Å². The number of benzene rings is 1. The van der Waals surface area contributed by atoms with E-state index in [4.69, 9.17) is 4.52 Å². The number of aliphatic hydroxyl groups is 1. The number of rotatable bonds is 5. The standard InChI is InChI=1S/C17H22N4O2/c1-17(2,3)9-13(22)8-16-19-15(21-23-16)7-11-4-5-14-12(6-11)10-18-20-14/h4-6,10,13,22H,7-9H2,1-3H3,(H,18,20). The van der Waals surface area contributed by atoms with Gasteiger partial charge in [0.1, 0.15) is 0 Å². The zero-order chi connectivity index (χ0) is 16.4. The molecule has 3 aromatic rings. The predicted molar refractivity (Wildman–Crippen MR) is 87.0 cm³/mol. The fourth-order valence-corrected chi connectivity index (χ4v) is 2.71. The molecule has 0 saturated carbocycles. The van der Waals surface area contributed by atoms with Crippen LogP contribution in [0, 0.1) is 5.41 Å². The maximum Gasteiger partial charge on any atom is 0.229 e. The maximum absolute atomic E-state index is 10.1. The van der Waals surface area contributed by atoms with Crippen molar-refractivity contribution in [1.29, 1.82) is 0 Å². The van der Waals surface area contributed by atoms with Gasteiger partial charge in [-0.25, -0.2) is 0 Å². The van der Waals surface area contributed by atoms with E-state index in [2.05, 4.69) is 47.2 Å². The van der Waals surface area contributed by atoms with Crippen molar-refractivity contribution < 1.29 is 9.63 Å². The van der Waals surface area contributed by atoms with Crippen LogP contribution in [0.25, 0.3) is 10.9 Å². The van der Waals surface area contributed by atoms with Crippen LogP contribution in [0.2, 0.25) is 0 Å². The van der Waals surface area contributed by atoms with E-state index in [-0.39, 0.29) is 5.41 Å². The molecule has 0 aliphatic heterocycles. The Hall–Kier alpha value is -2.21. The SMILES string of the molecule is CC(C)(C)CC(O)Cc1nc(Cc2ccc3[nH]ncc3c2)no1. The van der Waals surface area contributed by atoms with Crippen LogP contribution in [0.15, 0.2) is 28.9 Å². The second kappa shape index (κ2) is 6.12. The molecule has 122 valence electrons. The molecule has 0 fully saturated rings. The third-order valence-corrected chi connectivity index (χ3v) is 3.64. The summed E-state index contributed by atoms with van der Waals surface area (Å²) in [5.41, 5.74) is 2.18. The largest absolute Gasteiger partial charge is 0.393 e. The summed E-state index contributed by atoms with van der Waals surface area (Å²) in [5, 5.41) is 22.1. The fraction of sp³-hybridized carbons (Fsp3) is 0.471. The van der Waals surface area contributed by atoms with Gasteiger partial charge in [-0.05, 0) is 29.5 Å². The molecule has 0 spiro atoms. The van der Waals surface area contributed by atoms with E-state index in [9.17, 15) is 5.11 Å². The first-order valence-corrected chi connectivity index (χ1v) is 7.80. The van der Waals surface area contributed by atoms with Gasteiger partial charge >= 0.3 is 0 Å². The van der Waals surface area contributed by atoms with Crippen LogP contribution in [-0.2, 0) is 12.8 Å². The van der Waals surface area contributed by atoms with Gasteiger partial charge in [0.05, 0.1) is 24.2 Å². The van der Waals surface area contributed by atoms with Crippen LogP contribution in [0.1, 0.15) is 44.5 Å². The summed E-state index contributed by atoms with van der Waals surface area (Å²) in [6.07, 6.45) is 3.02. The van der Waals surface area contributed by atoms with Gasteiger partial charge < -0.3 is 9.63 Å². The van der Waals surface area contributed by atoms with E-state index in [0.29, 0.717) is 31.0 Å². The zero-order valence-electron chi connectivity index (χ0n) is 13.7. The van der Waals surface area contributed by atoms with Crippen LogP contribution >= 0.6 is 0 Å². The number of nitrogens with one attached hydrogen (secondary N) is 1. The topological polar surface area (TPSA) is 87.8 Å². The average molecular weight is 314 g/mol. The molecule has 6 heteroatoms. The van der Waals surface area contributed by atoms with Crippen molar-refractivity contribution in [2.24, 2.45) is 5.41 Å². The molecular formula is C17H22N4O2. The summed E-state index contributed by atoms with van der Waals surface area (Å²) in [7, 11) is 0. The third-order valence-electron chi connectivity index (χ3n) is 3.64. The van der Waals surface area contributed by atoms with Gasteiger partial charge in [0.25, 0.3) is 0 Å². The summed E-state index contributed by atoms with van der Waals surface area (Å²) in [5.74, 6) is 1.12.